The second-order valence-electron chi connectivity index (χ2n) is 6.81. The van der Waals surface area contributed by atoms with Crippen molar-refractivity contribution in [2.24, 2.45) is 0 Å². The first-order valence-electron chi connectivity index (χ1n) is 7.78. The average molecular weight is 306 g/mol. The number of nitrogens with zero attached hydrogens (tertiary/aromatic N) is 1. The van der Waals surface area contributed by atoms with Gasteiger partial charge in [-0.15, -0.1) is 0 Å². The third-order valence-corrected chi connectivity index (χ3v) is 3.48. The summed E-state index contributed by atoms with van der Waals surface area (Å²) >= 11 is 0. The Bertz CT molecular complexity index is 494. The molecule has 5 heteroatoms. The fourth-order valence-electron chi connectivity index (χ4n) is 2.40. The highest BCUT2D eigenvalue weighted by Gasteiger charge is 2.27. The van der Waals surface area contributed by atoms with Crippen molar-refractivity contribution in [2.45, 2.75) is 51.9 Å². The SMILES string of the molecule is CC(C)(C)ONCCc1ccc(CN2C[C@H](O)CC2=O)cc1. The number of hydrogen-bond acceptors (Lipinski definition) is 4. The number of likely N-dealkylation sites (tertiary alicyclic amines) is 1. The average Bonchev–Trinajstić information content (AvgIpc) is 2.74. The smallest absolute Gasteiger partial charge is 0.225 e. The van der Waals surface area contributed by atoms with E-state index in [9.17, 15) is 9.90 Å². The van der Waals surface area contributed by atoms with E-state index in [0.29, 0.717) is 13.1 Å². The molecule has 1 heterocycles. The minimum absolute atomic E-state index is 0.0279. The maximum atomic E-state index is 11.7. The Morgan fingerprint density at radius 1 is 1.27 bits per heavy atom. The van der Waals surface area contributed by atoms with Crippen LogP contribution in [0.25, 0.3) is 0 Å². The number of carbonyl (C=O) groups is 1. The summed E-state index contributed by atoms with van der Waals surface area (Å²) in [5.74, 6) is 0.0279. The second-order valence-corrected chi connectivity index (χ2v) is 6.81. The summed E-state index contributed by atoms with van der Waals surface area (Å²) in [6, 6.07) is 8.23. The molecule has 122 valence electrons. The summed E-state index contributed by atoms with van der Waals surface area (Å²) < 4.78 is 0. The maximum absolute atomic E-state index is 11.7. The van der Waals surface area contributed by atoms with E-state index < -0.39 is 6.10 Å². The minimum atomic E-state index is -0.513. The van der Waals surface area contributed by atoms with Crippen LogP contribution in [0.5, 0.6) is 0 Å². The standard InChI is InChI=1S/C17H26N2O3/c1-17(2,3)22-18-9-8-13-4-6-14(7-5-13)11-19-12-15(20)10-16(19)21/h4-7,15,18,20H,8-12H2,1-3H3/t15-/m1/s1. The molecule has 0 saturated carbocycles. The third kappa shape index (κ3) is 5.40. The number of benzene rings is 1. The number of aliphatic hydroxyl groups is 1. The first-order valence-corrected chi connectivity index (χ1v) is 7.78. The van der Waals surface area contributed by atoms with E-state index in [0.717, 1.165) is 18.5 Å². The fourth-order valence-corrected chi connectivity index (χ4v) is 2.40. The largest absolute Gasteiger partial charge is 0.391 e. The summed E-state index contributed by atoms with van der Waals surface area (Å²) in [4.78, 5) is 18.8. The van der Waals surface area contributed by atoms with Gasteiger partial charge in [-0.3, -0.25) is 9.63 Å². The van der Waals surface area contributed by atoms with Gasteiger partial charge in [0, 0.05) is 19.6 Å². The van der Waals surface area contributed by atoms with Crippen molar-refractivity contribution in [1.82, 2.24) is 10.4 Å². The number of carbonyl (C=O) groups excluding carboxylic acids is 1. The third-order valence-electron chi connectivity index (χ3n) is 3.48. The zero-order valence-corrected chi connectivity index (χ0v) is 13.6. The van der Waals surface area contributed by atoms with Crippen LogP contribution in [0.15, 0.2) is 24.3 Å². The molecule has 22 heavy (non-hydrogen) atoms. The number of β-amino-alcohol motifs (C(OH)–C–C–N with tert-alkyl or cyclic N) is 1. The van der Waals surface area contributed by atoms with Gasteiger partial charge in [0.05, 0.1) is 18.1 Å². The van der Waals surface area contributed by atoms with Gasteiger partial charge in [-0.2, -0.15) is 0 Å². The van der Waals surface area contributed by atoms with Gasteiger partial charge in [0.1, 0.15) is 0 Å². The van der Waals surface area contributed by atoms with E-state index in [1.165, 1.54) is 5.56 Å². The molecule has 1 saturated heterocycles. The molecule has 0 aliphatic carbocycles. The van der Waals surface area contributed by atoms with Crippen LogP contribution in [0.1, 0.15) is 38.3 Å². The molecular weight excluding hydrogens is 280 g/mol. The van der Waals surface area contributed by atoms with Crippen molar-refractivity contribution < 1.29 is 14.7 Å². The van der Waals surface area contributed by atoms with Crippen LogP contribution in [0.4, 0.5) is 0 Å². The van der Waals surface area contributed by atoms with Crippen molar-refractivity contribution in [1.29, 1.82) is 0 Å². The highest BCUT2D eigenvalue weighted by Crippen LogP contribution is 2.15. The second kappa shape index (κ2) is 7.22. The van der Waals surface area contributed by atoms with Crippen LogP contribution in [0.2, 0.25) is 0 Å². The zero-order valence-electron chi connectivity index (χ0n) is 13.6. The topological polar surface area (TPSA) is 61.8 Å². The summed E-state index contributed by atoms with van der Waals surface area (Å²) in [7, 11) is 0. The van der Waals surface area contributed by atoms with Gasteiger partial charge >= 0.3 is 0 Å². The quantitative estimate of drug-likeness (QED) is 0.619. The molecule has 0 radical (unpaired) electrons. The van der Waals surface area contributed by atoms with E-state index in [4.69, 9.17) is 4.84 Å². The van der Waals surface area contributed by atoms with Crippen LogP contribution in [0, 0.1) is 0 Å². The molecule has 1 aliphatic rings. The van der Waals surface area contributed by atoms with Crippen molar-refractivity contribution in [3.8, 4) is 0 Å². The Hall–Kier alpha value is -1.43. The van der Waals surface area contributed by atoms with Gasteiger partial charge in [-0.1, -0.05) is 24.3 Å². The van der Waals surface area contributed by atoms with E-state index in [-0.39, 0.29) is 17.9 Å². The lowest BCUT2D eigenvalue weighted by atomic mass is 10.1. The molecule has 0 aromatic heterocycles. The lowest BCUT2D eigenvalue weighted by Crippen LogP contribution is -2.30. The monoisotopic (exact) mass is 306 g/mol. The van der Waals surface area contributed by atoms with Gasteiger partial charge in [-0.25, -0.2) is 5.48 Å². The predicted octanol–water partition coefficient (Wildman–Crippen LogP) is 1.64. The molecule has 1 fully saturated rings. The molecule has 2 rings (SSSR count). The van der Waals surface area contributed by atoms with E-state index in [1.54, 1.807) is 4.90 Å². The number of amides is 1. The highest BCUT2D eigenvalue weighted by molar-refractivity contribution is 5.79. The molecule has 2 N–H and O–H groups in total. The summed E-state index contributed by atoms with van der Waals surface area (Å²) in [5.41, 5.74) is 5.11. The molecule has 1 amide bonds. The Labute approximate surface area is 132 Å². The van der Waals surface area contributed by atoms with Crippen LogP contribution >= 0.6 is 0 Å². The normalized spacial score (nSPS) is 19.0. The summed E-state index contributed by atoms with van der Waals surface area (Å²) in [6.07, 6.45) is 0.621. The number of aliphatic hydroxyl groups excluding tert-OH is 1. The molecule has 1 aromatic rings. The number of hydrogen-bond donors (Lipinski definition) is 2. The van der Waals surface area contributed by atoms with Crippen LogP contribution in [0.3, 0.4) is 0 Å². The van der Waals surface area contributed by atoms with Gasteiger partial charge in [0.2, 0.25) is 5.91 Å². The maximum Gasteiger partial charge on any atom is 0.225 e. The number of rotatable bonds is 6. The number of nitrogens with one attached hydrogen (secondary N) is 1. The molecule has 5 nitrogen and oxygen atoms in total. The lowest BCUT2D eigenvalue weighted by molar-refractivity contribution is -0.128. The Morgan fingerprint density at radius 2 is 1.91 bits per heavy atom. The highest BCUT2D eigenvalue weighted by atomic mass is 16.7. The fraction of sp³-hybridized carbons (Fsp3) is 0.588. The van der Waals surface area contributed by atoms with E-state index in [1.807, 2.05) is 32.9 Å². The summed E-state index contributed by atoms with van der Waals surface area (Å²) in [6.45, 7) is 7.78. The van der Waals surface area contributed by atoms with E-state index in [2.05, 4.69) is 17.6 Å². The number of hydroxylamine groups is 1. The molecule has 0 bridgehead atoms. The van der Waals surface area contributed by atoms with Crippen LogP contribution < -0.4 is 5.48 Å². The molecular formula is C17H26N2O3. The Morgan fingerprint density at radius 3 is 2.45 bits per heavy atom. The van der Waals surface area contributed by atoms with Crippen molar-refractivity contribution >= 4 is 5.91 Å². The van der Waals surface area contributed by atoms with Crippen LogP contribution in [-0.2, 0) is 22.6 Å². The molecule has 1 aromatic carbocycles. The van der Waals surface area contributed by atoms with Crippen molar-refractivity contribution in [2.75, 3.05) is 13.1 Å². The first-order chi connectivity index (χ1) is 10.3. The first kappa shape index (κ1) is 16.9. The zero-order chi connectivity index (χ0) is 16.2. The molecule has 0 unspecified atom stereocenters. The van der Waals surface area contributed by atoms with Crippen molar-refractivity contribution in [3.63, 3.8) is 0 Å². The Balaban J connectivity index is 1.77. The van der Waals surface area contributed by atoms with Gasteiger partial charge in [0.25, 0.3) is 0 Å². The predicted molar refractivity (Wildman–Crippen MR) is 85.0 cm³/mol. The minimum Gasteiger partial charge on any atom is -0.391 e. The van der Waals surface area contributed by atoms with Crippen molar-refractivity contribution in [3.05, 3.63) is 35.4 Å². The molecule has 1 atom stereocenters. The Kier molecular flexibility index (Phi) is 5.56. The van der Waals surface area contributed by atoms with Crippen LogP contribution in [-0.4, -0.2) is 40.7 Å². The molecule has 1 aliphatic heterocycles. The van der Waals surface area contributed by atoms with Gasteiger partial charge < -0.3 is 10.0 Å². The lowest BCUT2D eigenvalue weighted by Gasteiger charge is -2.19. The van der Waals surface area contributed by atoms with Gasteiger partial charge in [0.15, 0.2) is 0 Å². The van der Waals surface area contributed by atoms with E-state index >= 15 is 0 Å². The summed E-state index contributed by atoms with van der Waals surface area (Å²) in [5, 5.41) is 9.49. The molecule has 0 spiro atoms. The van der Waals surface area contributed by atoms with Gasteiger partial charge in [-0.05, 0) is 38.3 Å².